The van der Waals surface area contributed by atoms with Gasteiger partial charge in [-0.15, -0.1) is 0 Å². The van der Waals surface area contributed by atoms with Crippen LogP contribution in [0.5, 0.6) is 0 Å². The Balaban J connectivity index is 1.89. The number of aryl methyl sites for hydroxylation is 3. The van der Waals surface area contributed by atoms with E-state index in [2.05, 4.69) is 77.6 Å². The summed E-state index contributed by atoms with van der Waals surface area (Å²) in [5.74, 6) is 0.629. The number of aromatic nitrogens is 3. The van der Waals surface area contributed by atoms with Crippen LogP contribution in [0.4, 0.5) is 0 Å². The lowest BCUT2D eigenvalue weighted by Gasteiger charge is -2.20. The first-order valence-electron chi connectivity index (χ1n) is 11.6. The fourth-order valence-corrected chi connectivity index (χ4v) is 4.81. The first-order valence-corrected chi connectivity index (χ1v) is 12.4. The van der Waals surface area contributed by atoms with Crippen LogP contribution in [0.1, 0.15) is 61.6 Å². The van der Waals surface area contributed by atoms with Crippen LogP contribution in [0.3, 0.4) is 0 Å². The number of benzene rings is 2. The zero-order chi connectivity index (χ0) is 24.8. The summed E-state index contributed by atoms with van der Waals surface area (Å²) >= 11 is 3.47. The van der Waals surface area contributed by atoms with Gasteiger partial charge in [0.1, 0.15) is 5.82 Å². The Morgan fingerprint density at radius 2 is 1.82 bits per heavy atom. The van der Waals surface area contributed by atoms with Gasteiger partial charge in [-0.2, -0.15) is 9.78 Å². The van der Waals surface area contributed by atoms with Crippen LogP contribution < -0.4 is 5.56 Å². The van der Waals surface area contributed by atoms with Gasteiger partial charge in [0.25, 0.3) is 5.56 Å². The normalized spacial score (nSPS) is 12.2. The topological polar surface area (TPSA) is 52.2 Å². The number of nitrogens with zero attached hydrogens (tertiary/aromatic N) is 4. The van der Waals surface area contributed by atoms with Gasteiger partial charge in [0.05, 0.1) is 22.8 Å². The monoisotopic (exact) mass is 518 g/mol. The van der Waals surface area contributed by atoms with Crippen LogP contribution in [0.15, 0.2) is 56.8 Å². The summed E-state index contributed by atoms with van der Waals surface area (Å²) in [6, 6.07) is 14.1. The summed E-state index contributed by atoms with van der Waals surface area (Å²) in [7, 11) is 0. The molecule has 0 radical (unpaired) electrons. The molecule has 0 spiro atoms. The minimum Gasteiger partial charge on any atom is -0.317 e. The minimum atomic E-state index is -0.355. The molecule has 176 valence electrons. The van der Waals surface area contributed by atoms with Gasteiger partial charge in [-0.3, -0.25) is 4.79 Å². The van der Waals surface area contributed by atoms with Crippen molar-refractivity contribution in [2.75, 3.05) is 0 Å². The van der Waals surface area contributed by atoms with E-state index < -0.39 is 0 Å². The van der Waals surface area contributed by atoms with Gasteiger partial charge in [-0.25, -0.2) is 4.98 Å². The largest absolute Gasteiger partial charge is 0.317 e. The molecule has 4 aromatic rings. The van der Waals surface area contributed by atoms with Crippen LogP contribution in [-0.4, -0.2) is 20.4 Å². The SMILES string of the molecule is CCc1cccc(C)c1-n1c(C)cc(C=Nn2c(C(C)(C)C)nc3ccc(Br)cc3c2=O)c1C. The van der Waals surface area contributed by atoms with Crippen LogP contribution in [0, 0.1) is 20.8 Å². The first kappa shape index (κ1) is 24.1. The third-order valence-electron chi connectivity index (χ3n) is 6.19. The predicted molar refractivity (Wildman–Crippen MR) is 145 cm³/mol. The van der Waals surface area contributed by atoms with Gasteiger partial charge in [0.15, 0.2) is 0 Å². The smallest absolute Gasteiger partial charge is 0.282 e. The summed E-state index contributed by atoms with van der Waals surface area (Å²) in [6.07, 6.45) is 2.74. The van der Waals surface area contributed by atoms with Gasteiger partial charge >= 0.3 is 0 Å². The molecule has 5 nitrogen and oxygen atoms in total. The van der Waals surface area contributed by atoms with Crippen molar-refractivity contribution >= 4 is 33.0 Å². The van der Waals surface area contributed by atoms with E-state index in [-0.39, 0.29) is 11.0 Å². The third kappa shape index (κ3) is 4.27. The highest BCUT2D eigenvalue weighted by atomic mass is 79.9. The molecule has 0 amide bonds. The summed E-state index contributed by atoms with van der Waals surface area (Å²) in [4.78, 5) is 18.3. The average molecular weight is 519 g/mol. The quantitative estimate of drug-likeness (QED) is 0.285. The molecule has 0 unspecified atom stereocenters. The highest BCUT2D eigenvalue weighted by Crippen LogP contribution is 2.27. The maximum atomic E-state index is 13.5. The molecule has 2 aromatic heterocycles. The Hall–Kier alpha value is -2.99. The van der Waals surface area contributed by atoms with Crippen molar-refractivity contribution in [1.82, 2.24) is 14.2 Å². The van der Waals surface area contributed by atoms with Crippen LogP contribution in [0.25, 0.3) is 16.6 Å². The number of rotatable bonds is 4. The molecular formula is C28H31BrN4O. The molecule has 0 bridgehead atoms. The molecule has 0 atom stereocenters. The van der Waals surface area contributed by atoms with Gasteiger partial charge in [0.2, 0.25) is 0 Å². The second kappa shape index (κ2) is 8.99. The molecule has 0 aliphatic carbocycles. The molecule has 0 saturated carbocycles. The standard InChI is InChI=1S/C28H31BrN4O/c1-8-20-11-9-10-17(2)25(20)32-18(3)14-21(19(32)4)16-30-33-26(34)23-15-22(29)12-13-24(23)31-27(33)28(5,6)7/h9-16H,8H2,1-7H3. The van der Waals surface area contributed by atoms with Crippen molar-refractivity contribution in [1.29, 1.82) is 0 Å². The molecule has 34 heavy (non-hydrogen) atoms. The van der Waals surface area contributed by atoms with Crippen molar-refractivity contribution < 1.29 is 0 Å². The Morgan fingerprint density at radius 1 is 1.09 bits per heavy atom. The maximum absolute atomic E-state index is 13.5. The second-order valence-corrected chi connectivity index (χ2v) is 10.7. The molecule has 4 rings (SSSR count). The minimum absolute atomic E-state index is 0.173. The Morgan fingerprint density at radius 3 is 2.50 bits per heavy atom. The molecule has 0 aliphatic heterocycles. The molecular weight excluding hydrogens is 488 g/mol. The van der Waals surface area contributed by atoms with E-state index in [1.54, 1.807) is 12.3 Å². The highest BCUT2D eigenvalue weighted by Gasteiger charge is 2.23. The van der Waals surface area contributed by atoms with Crippen LogP contribution in [0.2, 0.25) is 0 Å². The Labute approximate surface area is 209 Å². The van der Waals surface area contributed by atoms with Crippen molar-refractivity contribution in [2.24, 2.45) is 5.10 Å². The fraction of sp³-hybridized carbons (Fsp3) is 0.321. The van der Waals surface area contributed by atoms with Crippen molar-refractivity contribution in [3.8, 4) is 5.69 Å². The van der Waals surface area contributed by atoms with Crippen LogP contribution in [-0.2, 0) is 11.8 Å². The maximum Gasteiger partial charge on any atom is 0.282 e. The van der Waals surface area contributed by atoms with E-state index in [0.717, 1.165) is 27.8 Å². The van der Waals surface area contributed by atoms with E-state index in [1.165, 1.54) is 21.5 Å². The molecule has 0 aliphatic rings. The summed E-state index contributed by atoms with van der Waals surface area (Å²) in [5.41, 5.74) is 7.11. The lowest BCUT2D eigenvalue weighted by Crippen LogP contribution is -2.29. The van der Waals surface area contributed by atoms with Crippen molar-refractivity contribution in [3.63, 3.8) is 0 Å². The molecule has 2 heterocycles. The van der Waals surface area contributed by atoms with E-state index in [0.29, 0.717) is 16.7 Å². The Bertz CT molecular complexity index is 1490. The van der Waals surface area contributed by atoms with E-state index in [4.69, 9.17) is 4.98 Å². The summed E-state index contributed by atoms with van der Waals surface area (Å²) in [6.45, 7) is 14.7. The van der Waals surface area contributed by atoms with Crippen molar-refractivity contribution in [3.05, 3.63) is 91.2 Å². The zero-order valence-corrected chi connectivity index (χ0v) is 22.5. The molecule has 0 saturated heterocycles. The molecule has 6 heteroatoms. The number of hydrogen-bond acceptors (Lipinski definition) is 3. The summed E-state index contributed by atoms with van der Waals surface area (Å²) in [5, 5.41) is 5.22. The molecule has 0 N–H and O–H groups in total. The van der Waals surface area contributed by atoms with Gasteiger partial charge in [-0.05, 0) is 62.6 Å². The predicted octanol–water partition coefficient (Wildman–Crippen LogP) is 6.62. The lowest BCUT2D eigenvalue weighted by molar-refractivity contribution is 0.506. The first-order chi connectivity index (χ1) is 16.0. The van der Waals surface area contributed by atoms with E-state index in [9.17, 15) is 4.79 Å². The van der Waals surface area contributed by atoms with E-state index in [1.807, 2.05) is 32.9 Å². The Kier molecular flexibility index (Phi) is 6.38. The van der Waals surface area contributed by atoms with Crippen molar-refractivity contribution in [2.45, 2.75) is 60.3 Å². The average Bonchev–Trinajstić information content (AvgIpc) is 3.05. The van der Waals surface area contributed by atoms with E-state index >= 15 is 0 Å². The second-order valence-electron chi connectivity index (χ2n) is 9.81. The number of hydrogen-bond donors (Lipinski definition) is 0. The third-order valence-corrected chi connectivity index (χ3v) is 6.68. The number of halogens is 1. The summed E-state index contributed by atoms with van der Waals surface area (Å²) < 4.78 is 4.58. The lowest BCUT2D eigenvalue weighted by atomic mass is 9.95. The number of para-hydroxylation sites is 1. The molecule has 2 aromatic carbocycles. The highest BCUT2D eigenvalue weighted by molar-refractivity contribution is 9.10. The van der Waals surface area contributed by atoms with Gasteiger partial charge in [-0.1, -0.05) is 61.8 Å². The number of fused-ring (bicyclic) bond motifs is 1. The zero-order valence-electron chi connectivity index (χ0n) is 20.9. The van der Waals surface area contributed by atoms with Gasteiger partial charge < -0.3 is 4.57 Å². The fourth-order valence-electron chi connectivity index (χ4n) is 4.45. The molecule has 0 fully saturated rings. The van der Waals surface area contributed by atoms with Crippen LogP contribution >= 0.6 is 15.9 Å². The van der Waals surface area contributed by atoms with Gasteiger partial charge in [0, 0.05) is 26.8 Å².